The minimum absolute atomic E-state index is 0.668. The first-order valence-electron chi connectivity index (χ1n) is 48.5. The van der Waals surface area contributed by atoms with E-state index in [-0.39, 0.29) is 0 Å². The van der Waals surface area contributed by atoms with Crippen molar-refractivity contribution in [3.05, 3.63) is 529 Å². The Morgan fingerprint density at radius 2 is 0.319 bits per heavy atom. The molecule has 21 aromatic carbocycles. The molecule has 0 saturated carbocycles. The second-order valence-electron chi connectivity index (χ2n) is 36.2. The molecular formula is C135H87N9. The third-order valence-electron chi connectivity index (χ3n) is 27.6. The molecule has 0 fully saturated rings. The lowest BCUT2D eigenvalue weighted by Crippen LogP contribution is -2.00. The van der Waals surface area contributed by atoms with Crippen molar-refractivity contribution in [2.75, 3.05) is 0 Å². The van der Waals surface area contributed by atoms with Crippen LogP contribution in [0.15, 0.2) is 529 Å². The van der Waals surface area contributed by atoms with E-state index in [1.54, 1.807) is 0 Å². The number of pyridine rings is 6. The molecule has 7 aromatic heterocycles. The average Bonchev–Trinajstić information content (AvgIpc) is 0.750. The second kappa shape index (κ2) is 38.2. The number of rotatable bonds is 12. The summed E-state index contributed by atoms with van der Waals surface area (Å²) >= 11 is 0. The molecule has 28 aromatic rings. The first kappa shape index (κ1) is 86.2. The van der Waals surface area contributed by atoms with Gasteiger partial charge >= 0.3 is 0 Å². The van der Waals surface area contributed by atoms with Crippen LogP contribution in [0.5, 0.6) is 0 Å². The van der Waals surface area contributed by atoms with Crippen LogP contribution in [-0.2, 0) is 0 Å². The third-order valence-corrected chi connectivity index (χ3v) is 27.6. The molecule has 0 N–H and O–H groups in total. The van der Waals surface area contributed by atoms with Gasteiger partial charge in [0.25, 0.3) is 0 Å². The molecule has 9 heteroatoms. The average molecular weight is 1840 g/mol. The number of nitrogens with zero attached hydrogens (tertiary/aromatic N) is 9. The molecular weight excluding hydrogens is 1750 g/mol. The number of aromatic nitrogens is 9. The molecule has 0 aliphatic heterocycles. The summed E-state index contributed by atoms with van der Waals surface area (Å²) in [6.45, 7) is 0. The fourth-order valence-corrected chi connectivity index (χ4v) is 20.8. The zero-order valence-electron chi connectivity index (χ0n) is 78.3. The Labute approximate surface area is 831 Å². The summed E-state index contributed by atoms with van der Waals surface area (Å²) < 4.78 is 0. The van der Waals surface area contributed by atoms with Crippen LogP contribution in [0.25, 0.3) is 264 Å². The van der Waals surface area contributed by atoms with Gasteiger partial charge in [-0.05, 0) is 336 Å². The van der Waals surface area contributed by atoms with Crippen LogP contribution in [0.3, 0.4) is 0 Å². The normalized spacial score (nSPS) is 11.3. The van der Waals surface area contributed by atoms with Crippen LogP contribution in [0.4, 0.5) is 0 Å². The molecule has 0 bridgehead atoms. The van der Waals surface area contributed by atoms with Crippen LogP contribution in [-0.4, -0.2) is 44.9 Å². The van der Waals surface area contributed by atoms with Gasteiger partial charge in [0.1, 0.15) is 0 Å². The molecule has 28 rings (SSSR count). The fraction of sp³-hybridized carbons (Fsp3) is 0. The van der Waals surface area contributed by atoms with E-state index in [0.717, 1.165) is 83.8 Å². The fourth-order valence-electron chi connectivity index (χ4n) is 20.8. The van der Waals surface area contributed by atoms with Gasteiger partial charge in [0.15, 0.2) is 17.5 Å². The molecule has 7 heterocycles. The lowest BCUT2D eigenvalue weighted by atomic mass is 9.90. The van der Waals surface area contributed by atoms with Gasteiger partial charge in [-0.15, -0.1) is 0 Å². The molecule has 9 nitrogen and oxygen atoms in total. The Kier molecular flexibility index (Phi) is 22.9. The molecule has 0 radical (unpaired) electrons. The lowest BCUT2D eigenvalue weighted by Gasteiger charge is -2.14. The van der Waals surface area contributed by atoms with Gasteiger partial charge in [0.2, 0.25) is 0 Å². The largest absolute Gasteiger partial charge is 0.265 e. The Morgan fingerprint density at radius 1 is 0.104 bits per heavy atom. The highest BCUT2D eigenvalue weighted by molar-refractivity contribution is 6.30. The summed E-state index contributed by atoms with van der Waals surface area (Å²) in [6, 6.07) is 167. The maximum atomic E-state index is 4.93. The van der Waals surface area contributed by atoms with Crippen LogP contribution in [0, 0.1) is 0 Å². The van der Waals surface area contributed by atoms with E-state index in [4.69, 9.17) is 15.0 Å². The van der Waals surface area contributed by atoms with Crippen molar-refractivity contribution in [2.24, 2.45) is 0 Å². The monoisotopic (exact) mass is 1830 g/mol. The zero-order valence-corrected chi connectivity index (χ0v) is 78.3. The van der Waals surface area contributed by atoms with Gasteiger partial charge in [-0.1, -0.05) is 328 Å². The van der Waals surface area contributed by atoms with Crippen LogP contribution >= 0.6 is 0 Å². The Bertz CT molecular complexity index is 8250. The highest BCUT2D eigenvalue weighted by atomic mass is 15.0. The smallest absolute Gasteiger partial charge is 0.164 e. The van der Waals surface area contributed by atoms with Crippen molar-refractivity contribution in [3.63, 3.8) is 0 Å². The molecule has 0 atom stereocenters. The van der Waals surface area contributed by atoms with Gasteiger partial charge in [0, 0.05) is 94.7 Å². The maximum Gasteiger partial charge on any atom is 0.164 e. The van der Waals surface area contributed by atoms with E-state index in [9.17, 15) is 0 Å². The van der Waals surface area contributed by atoms with Crippen molar-refractivity contribution in [1.29, 1.82) is 0 Å². The first-order valence-corrected chi connectivity index (χ1v) is 48.5. The summed E-state index contributed by atoms with van der Waals surface area (Å²) in [6.07, 6.45) is 16.7. The summed E-state index contributed by atoms with van der Waals surface area (Å²) in [7, 11) is 0. The van der Waals surface area contributed by atoms with Crippen molar-refractivity contribution in [3.8, 4) is 135 Å². The first-order chi connectivity index (χ1) is 71.4. The Hall–Kier alpha value is -19.4. The van der Waals surface area contributed by atoms with Gasteiger partial charge in [-0.25, -0.2) is 15.0 Å². The molecule has 0 unspecified atom stereocenters. The minimum Gasteiger partial charge on any atom is -0.265 e. The number of hydrogen-bond acceptors (Lipinski definition) is 9. The summed E-state index contributed by atoms with van der Waals surface area (Å²) in [5.41, 5.74) is 23.0. The summed E-state index contributed by atoms with van der Waals surface area (Å²) in [5.74, 6) is 2.01. The van der Waals surface area contributed by atoms with Crippen molar-refractivity contribution < 1.29 is 0 Å². The Balaban J connectivity index is 0.000000101. The predicted molar refractivity (Wildman–Crippen MR) is 601 cm³/mol. The maximum absolute atomic E-state index is 4.93. The Morgan fingerprint density at radius 3 is 0.590 bits per heavy atom. The number of benzene rings is 21. The van der Waals surface area contributed by atoms with Gasteiger partial charge in [-0.2, -0.15) is 0 Å². The molecule has 0 aliphatic rings. The minimum atomic E-state index is 0.668. The second-order valence-corrected chi connectivity index (χ2v) is 36.2. The zero-order chi connectivity index (χ0) is 95.6. The predicted octanol–water partition coefficient (Wildman–Crippen LogP) is 35.1. The van der Waals surface area contributed by atoms with Crippen molar-refractivity contribution >= 4 is 129 Å². The number of hydrogen-bond donors (Lipinski definition) is 0. The quantitative estimate of drug-likeness (QED) is 0.110. The van der Waals surface area contributed by atoms with Gasteiger partial charge < -0.3 is 0 Å². The summed E-state index contributed by atoms with van der Waals surface area (Å²) in [4.78, 5) is 41.3. The third kappa shape index (κ3) is 16.8. The number of fused-ring (bicyclic) bond motifs is 24. The van der Waals surface area contributed by atoms with E-state index in [1.807, 2.05) is 159 Å². The lowest BCUT2D eigenvalue weighted by molar-refractivity contribution is 1.07. The van der Waals surface area contributed by atoms with Crippen LogP contribution < -0.4 is 0 Å². The molecule has 0 saturated heterocycles. The van der Waals surface area contributed by atoms with Crippen LogP contribution in [0.1, 0.15) is 0 Å². The van der Waals surface area contributed by atoms with Gasteiger partial charge in [0.05, 0.1) is 17.1 Å². The summed E-state index contributed by atoms with van der Waals surface area (Å²) in [5, 5.41) is 30.6. The van der Waals surface area contributed by atoms with Crippen molar-refractivity contribution in [1.82, 2.24) is 44.9 Å². The molecule has 0 spiro atoms. The van der Waals surface area contributed by atoms with E-state index in [2.05, 4.69) is 400 Å². The van der Waals surface area contributed by atoms with Gasteiger partial charge in [-0.3, -0.25) is 29.9 Å². The SMILES string of the molecule is c1ccc(-c2cc(-c3ccc4c5ccccc5c5ccccc5c4c3)cc(-c3ccccn3)c2)nc1.c1ccc(-c2cc(-c3cccnc3)cc(-c3ccc4c5ccccc5c5ccccc5c4c3)c2)nc1.c1ccc(-c2nc(-c3ccccc3)nc(-c3ccc4c5ccccc5c5ccccc5c4c3)n2)cc1.c1ccc2c(c1)c1ccccc1c1cc(-c3cc(-c4ccncc4)cc(-c4ccncc4)c3)ccc21. The molecule has 672 valence electrons. The molecule has 144 heavy (non-hydrogen) atoms. The molecule has 0 amide bonds. The standard InChI is InChI=1S/3C34H22N2.C33H21N3/c1-2-11-29-27(9-1)28-10-3-4-12-30(28)32-22-23(15-16-31(29)32)24-19-25(33-13-5-7-17-35-33)21-26(20-24)34-14-6-8-18-36-34;1-2-11-30-28(9-1)29-10-3-4-12-31(29)33-21-23(14-15-32(30)33)25-18-26(24-8-7-16-35-22-24)20-27(19-25)34-13-5-6-17-36-34;1-2-7-31-29(5-1)30-6-3-4-8-32(30)34-22-25(9-10-33(31)34)28-20-26(23-11-15-35-16-12-23)19-27(21-28)24-13-17-36-18-14-24;1-3-11-22(12-4-1)31-34-32(23-13-5-2-6-14-23)36-33(35-31)24-19-20-29-27-17-8-7-15-25(27)26-16-9-10-18-28(26)30(29)21-24/h3*1-22H;1-21H. The van der Waals surface area contributed by atoms with E-state index in [1.165, 1.54) is 163 Å². The molecule has 0 aliphatic carbocycles. The van der Waals surface area contributed by atoms with Crippen molar-refractivity contribution in [2.45, 2.75) is 0 Å². The van der Waals surface area contributed by atoms with Crippen LogP contribution in [0.2, 0.25) is 0 Å². The topological polar surface area (TPSA) is 116 Å². The van der Waals surface area contributed by atoms with E-state index in [0.29, 0.717) is 17.5 Å². The van der Waals surface area contributed by atoms with E-state index < -0.39 is 0 Å². The highest BCUT2D eigenvalue weighted by Crippen LogP contribution is 2.46. The highest BCUT2D eigenvalue weighted by Gasteiger charge is 2.21. The van der Waals surface area contributed by atoms with E-state index >= 15 is 0 Å².